The molecule has 0 atom stereocenters. The third-order valence-electron chi connectivity index (χ3n) is 4.02. The van der Waals surface area contributed by atoms with E-state index in [1.807, 2.05) is 48.5 Å². The summed E-state index contributed by atoms with van der Waals surface area (Å²) in [6.07, 6.45) is 0. The first kappa shape index (κ1) is 19.1. The zero-order valence-corrected chi connectivity index (χ0v) is 16.5. The predicted molar refractivity (Wildman–Crippen MR) is 107 cm³/mol. The van der Waals surface area contributed by atoms with Gasteiger partial charge in [-0.3, -0.25) is 0 Å². The summed E-state index contributed by atoms with van der Waals surface area (Å²) in [7, 11) is 3.30. The SMILES string of the molecule is CCn1c(SCCOc2ccccc2OC)nnc1-c1ccc(OC)cc1. The minimum Gasteiger partial charge on any atom is -0.497 e. The lowest BCUT2D eigenvalue weighted by Crippen LogP contribution is -2.04. The lowest BCUT2D eigenvalue weighted by atomic mass is 10.2. The molecule has 0 fully saturated rings. The van der Waals surface area contributed by atoms with Crippen LogP contribution in [0.25, 0.3) is 11.4 Å². The van der Waals surface area contributed by atoms with Gasteiger partial charge in [0.1, 0.15) is 5.75 Å². The molecule has 3 aromatic rings. The molecule has 0 N–H and O–H groups in total. The molecule has 0 aliphatic rings. The number of thioether (sulfide) groups is 1. The van der Waals surface area contributed by atoms with E-state index in [0.717, 1.165) is 46.1 Å². The van der Waals surface area contributed by atoms with Crippen molar-refractivity contribution in [2.45, 2.75) is 18.6 Å². The van der Waals surface area contributed by atoms with Crippen molar-refractivity contribution in [1.29, 1.82) is 0 Å². The second-order valence-electron chi connectivity index (χ2n) is 5.63. The van der Waals surface area contributed by atoms with E-state index in [0.29, 0.717) is 6.61 Å². The predicted octanol–water partition coefficient (Wildman–Crippen LogP) is 4.15. The molecule has 2 aromatic carbocycles. The topological polar surface area (TPSA) is 58.4 Å². The average molecular weight is 385 g/mol. The van der Waals surface area contributed by atoms with Crippen molar-refractivity contribution in [3.8, 4) is 28.6 Å². The number of benzene rings is 2. The van der Waals surface area contributed by atoms with Crippen LogP contribution in [0.3, 0.4) is 0 Å². The van der Waals surface area contributed by atoms with Crippen LogP contribution in [0, 0.1) is 0 Å². The van der Waals surface area contributed by atoms with Gasteiger partial charge in [-0.15, -0.1) is 10.2 Å². The van der Waals surface area contributed by atoms with Crippen molar-refractivity contribution in [2.24, 2.45) is 0 Å². The first-order valence-electron chi connectivity index (χ1n) is 8.73. The maximum Gasteiger partial charge on any atom is 0.191 e. The third-order valence-corrected chi connectivity index (χ3v) is 4.95. The molecular formula is C20H23N3O3S. The van der Waals surface area contributed by atoms with E-state index in [1.54, 1.807) is 26.0 Å². The van der Waals surface area contributed by atoms with Crippen LogP contribution < -0.4 is 14.2 Å². The Hall–Kier alpha value is -2.67. The molecule has 0 aliphatic carbocycles. The van der Waals surface area contributed by atoms with Crippen LogP contribution in [0.1, 0.15) is 6.92 Å². The second-order valence-corrected chi connectivity index (χ2v) is 6.69. The van der Waals surface area contributed by atoms with Gasteiger partial charge in [-0.25, -0.2) is 0 Å². The lowest BCUT2D eigenvalue weighted by molar-refractivity contribution is 0.313. The Kier molecular flexibility index (Phi) is 6.59. The van der Waals surface area contributed by atoms with Gasteiger partial charge in [0.2, 0.25) is 0 Å². The minimum absolute atomic E-state index is 0.555. The van der Waals surface area contributed by atoms with E-state index in [2.05, 4.69) is 21.7 Å². The summed E-state index contributed by atoms with van der Waals surface area (Å²) in [5.74, 6) is 3.92. The standard InChI is InChI=1S/C20H23N3O3S/c1-4-23-19(15-9-11-16(24-2)12-10-15)21-22-20(23)27-14-13-26-18-8-6-5-7-17(18)25-3/h5-12H,4,13-14H2,1-3H3. The molecule has 0 bridgehead atoms. The molecule has 27 heavy (non-hydrogen) atoms. The Morgan fingerprint density at radius 3 is 2.33 bits per heavy atom. The highest BCUT2D eigenvalue weighted by Gasteiger charge is 2.13. The van der Waals surface area contributed by atoms with Gasteiger partial charge in [0.15, 0.2) is 22.5 Å². The number of aromatic nitrogens is 3. The van der Waals surface area contributed by atoms with Gasteiger partial charge in [-0.05, 0) is 43.3 Å². The first-order chi connectivity index (χ1) is 13.3. The fourth-order valence-corrected chi connectivity index (χ4v) is 3.48. The summed E-state index contributed by atoms with van der Waals surface area (Å²) in [5, 5.41) is 9.60. The number of ether oxygens (including phenoxy) is 3. The molecule has 3 rings (SSSR count). The Balaban J connectivity index is 1.63. The molecule has 1 heterocycles. The van der Waals surface area contributed by atoms with Crippen molar-refractivity contribution in [3.63, 3.8) is 0 Å². The zero-order valence-electron chi connectivity index (χ0n) is 15.7. The molecule has 7 heteroatoms. The Morgan fingerprint density at radius 2 is 1.67 bits per heavy atom. The largest absolute Gasteiger partial charge is 0.497 e. The maximum absolute atomic E-state index is 5.82. The highest BCUT2D eigenvalue weighted by molar-refractivity contribution is 7.99. The molecule has 6 nitrogen and oxygen atoms in total. The molecule has 0 aliphatic heterocycles. The van der Waals surface area contributed by atoms with Crippen molar-refractivity contribution in [1.82, 2.24) is 14.8 Å². The summed E-state index contributed by atoms with van der Waals surface area (Å²) in [5.41, 5.74) is 1.02. The smallest absolute Gasteiger partial charge is 0.191 e. The number of hydrogen-bond donors (Lipinski definition) is 0. The number of hydrogen-bond acceptors (Lipinski definition) is 6. The fourth-order valence-electron chi connectivity index (χ4n) is 2.66. The summed E-state index contributed by atoms with van der Waals surface area (Å²) in [6.45, 7) is 3.44. The number of rotatable bonds is 9. The van der Waals surface area contributed by atoms with Crippen molar-refractivity contribution in [2.75, 3.05) is 26.6 Å². The number of nitrogens with zero attached hydrogens (tertiary/aromatic N) is 3. The summed E-state index contributed by atoms with van der Waals surface area (Å²) < 4.78 is 18.4. The van der Waals surface area contributed by atoms with E-state index in [-0.39, 0.29) is 0 Å². The molecule has 1 aromatic heterocycles. The molecule has 0 amide bonds. The Morgan fingerprint density at radius 1 is 0.926 bits per heavy atom. The fraction of sp³-hybridized carbons (Fsp3) is 0.300. The number of para-hydroxylation sites is 2. The summed E-state index contributed by atoms with van der Waals surface area (Å²) in [6, 6.07) is 15.5. The Bertz CT molecular complexity index is 865. The first-order valence-corrected chi connectivity index (χ1v) is 9.71. The van der Waals surface area contributed by atoms with Crippen LogP contribution in [-0.4, -0.2) is 41.3 Å². The normalized spacial score (nSPS) is 10.6. The van der Waals surface area contributed by atoms with Gasteiger partial charge in [0.25, 0.3) is 0 Å². The molecule has 0 saturated carbocycles. The molecule has 0 saturated heterocycles. The highest BCUT2D eigenvalue weighted by atomic mass is 32.2. The molecule has 142 valence electrons. The van der Waals surface area contributed by atoms with Gasteiger partial charge in [0.05, 0.1) is 20.8 Å². The van der Waals surface area contributed by atoms with Crippen molar-refractivity contribution >= 4 is 11.8 Å². The van der Waals surface area contributed by atoms with Gasteiger partial charge in [-0.2, -0.15) is 0 Å². The van der Waals surface area contributed by atoms with Gasteiger partial charge >= 0.3 is 0 Å². The van der Waals surface area contributed by atoms with Crippen molar-refractivity contribution < 1.29 is 14.2 Å². The molecular weight excluding hydrogens is 362 g/mol. The second kappa shape index (κ2) is 9.32. The van der Waals surface area contributed by atoms with E-state index < -0.39 is 0 Å². The van der Waals surface area contributed by atoms with Crippen molar-refractivity contribution in [3.05, 3.63) is 48.5 Å². The van der Waals surface area contributed by atoms with Crippen LogP contribution in [0.5, 0.6) is 17.2 Å². The number of methoxy groups -OCH3 is 2. The van der Waals surface area contributed by atoms with Crippen LogP contribution >= 0.6 is 11.8 Å². The summed E-state index contributed by atoms with van der Waals surface area (Å²) >= 11 is 1.63. The van der Waals surface area contributed by atoms with E-state index in [9.17, 15) is 0 Å². The van der Waals surface area contributed by atoms with Crippen LogP contribution in [-0.2, 0) is 6.54 Å². The summed E-state index contributed by atoms with van der Waals surface area (Å²) in [4.78, 5) is 0. The van der Waals surface area contributed by atoms with Gasteiger partial charge in [0, 0.05) is 17.9 Å². The minimum atomic E-state index is 0.555. The van der Waals surface area contributed by atoms with E-state index in [4.69, 9.17) is 14.2 Å². The van der Waals surface area contributed by atoms with Crippen LogP contribution in [0.2, 0.25) is 0 Å². The van der Waals surface area contributed by atoms with E-state index >= 15 is 0 Å². The molecule has 0 unspecified atom stereocenters. The van der Waals surface area contributed by atoms with Gasteiger partial charge < -0.3 is 18.8 Å². The quantitative estimate of drug-likeness (QED) is 0.407. The van der Waals surface area contributed by atoms with Crippen LogP contribution in [0.4, 0.5) is 0 Å². The lowest BCUT2D eigenvalue weighted by Gasteiger charge is -2.10. The molecule has 0 spiro atoms. The van der Waals surface area contributed by atoms with Gasteiger partial charge in [-0.1, -0.05) is 23.9 Å². The zero-order chi connectivity index (χ0) is 19.1. The maximum atomic E-state index is 5.82. The molecule has 0 radical (unpaired) electrons. The monoisotopic (exact) mass is 385 g/mol. The highest BCUT2D eigenvalue weighted by Crippen LogP contribution is 2.27. The Labute approximate surface area is 163 Å². The third kappa shape index (κ3) is 4.54. The van der Waals surface area contributed by atoms with E-state index in [1.165, 1.54) is 0 Å². The van der Waals surface area contributed by atoms with Crippen LogP contribution in [0.15, 0.2) is 53.7 Å². The average Bonchev–Trinajstić information content (AvgIpc) is 3.14.